The molecule has 0 saturated heterocycles. The van der Waals surface area contributed by atoms with Crippen molar-refractivity contribution in [2.45, 2.75) is 20.0 Å². The van der Waals surface area contributed by atoms with Crippen molar-refractivity contribution in [1.29, 1.82) is 0 Å². The third kappa shape index (κ3) is 3.05. The van der Waals surface area contributed by atoms with Crippen molar-refractivity contribution < 1.29 is 8.78 Å². The van der Waals surface area contributed by atoms with Crippen molar-refractivity contribution in [2.75, 3.05) is 0 Å². The fourth-order valence-electron chi connectivity index (χ4n) is 2.15. The summed E-state index contributed by atoms with van der Waals surface area (Å²) in [5, 5.41) is 7.35. The topological polar surface area (TPSA) is 42.2 Å². The maximum atomic E-state index is 13.5. The number of halogens is 2. The monoisotopic (exact) mass is 288 g/mol. The number of nitrogens with zero attached hydrogens (tertiary/aromatic N) is 3. The molecule has 0 bridgehead atoms. The van der Waals surface area contributed by atoms with E-state index in [-0.39, 0.29) is 6.54 Å². The minimum Gasteiger partial charge on any atom is -0.308 e. The van der Waals surface area contributed by atoms with Crippen LogP contribution in [-0.4, -0.2) is 14.6 Å². The second-order valence-electron chi connectivity index (χ2n) is 4.89. The highest BCUT2D eigenvalue weighted by molar-refractivity contribution is 5.38. The molecule has 2 heterocycles. The lowest BCUT2D eigenvalue weighted by molar-refractivity contribution is 0.568. The summed E-state index contributed by atoms with van der Waals surface area (Å²) in [5.74, 6) is -0.858. The summed E-state index contributed by atoms with van der Waals surface area (Å²) < 4.78 is 28.2. The maximum Gasteiger partial charge on any atom is 0.155 e. The molecule has 0 saturated carbocycles. The normalized spacial score (nSPS) is 11.2. The zero-order valence-corrected chi connectivity index (χ0v) is 11.5. The summed E-state index contributed by atoms with van der Waals surface area (Å²) in [6.45, 7) is 2.65. The van der Waals surface area contributed by atoms with Gasteiger partial charge in [-0.1, -0.05) is 0 Å². The second-order valence-corrected chi connectivity index (χ2v) is 4.89. The zero-order valence-electron chi connectivity index (χ0n) is 11.5. The van der Waals surface area contributed by atoms with Crippen molar-refractivity contribution in [1.82, 2.24) is 19.9 Å². The predicted octanol–water partition coefficient (Wildman–Crippen LogP) is 2.61. The van der Waals surface area contributed by atoms with Crippen molar-refractivity contribution in [3.63, 3.8) is 0 Å². The van der Waals surface area contributed by atoms with E-state index in [0.29, 0.717) is 12.1 Å². The minimum atomic E-state index is -0.441. The van der Waals surface area contributed by atoms with Crippen LogP contribution in [0.1, 0.15) is 16.8 Å². The van der Waals surface area contributed by atoms with Gasteiger partial charge in [-0.25, -0.2) is 18.3 Å². The summed E-state index contributed by atoms with van der Waals surface area (Å²) >= 11 is 0. The van der Waals surface area contributed by atoms with E-state index < -0.39 is 11.6 Å². The molecule has 0 fully saturated rings. The molecule has 0 unspecified atom stereocenters. The van der Waals surface area contributed by atoms with Gasteiger partial charge in [-0.3, -0.25) is 0 Å². The molecule has 0 aliphatic rings. The minimum absolute atomic E-state index is 0.250. The Morgan fingerprint density at radius 2 is 2.05 bits per heavy atom. The van der Waals surface area contributed by atoms with Crippen molar-refractivity contribution in [3.8, 4) is 0 Å². The van der Waals surface area contributed by atoms with Crippen LogP contribution in [0.2, 0.25) is 0 Å². The average molecular weight is 288 g/mol. The highest BCUT2D eigenvalue weighted by Gasteiger charge is 2.04. The smallest absolute Gasteiger partial charge is 0.155 e. The number of nitrogens with one attached hydrogen (secondary N) is 1. The van der Waals surface area contributed by atoms with E-state index >= 15 is 0 Å². The fraction of sp³-hybridized carbons (Fsp3) is 0.200. The second kappa shape index (κ2) is 5.57. The molecule has 3 rings (SSSR count). The van der Waals surface area contributed by atoms with Crippen LogP contribution >= 0.6 is 0 Å². The van der Waals surface area contributed by atoms with E-state index in [2.05, 4.69) is 15.4 Å². The number of fused-ring (bicyclic) bond motifs is 1. The van der Waals surface area contributed by atoms with Crippen LogP contribution in [0, 0.1) is 18.6 Å². The molecule has 2 aromatic heterocycles. The number of aryl methyl sites for hydroxylation is 1. The van der Waals surface area contributed by atoms with E-state index in [4.69, 9.17) is 0 Å². The molecule has 108 valence electrons. The molecule has 3 aromatic rings. The summed E-state index contributed by atoms with van der Waals surface area (Å²) in [6.07, 6.45) is 3.61. The summed E-state index contributed by atoms with van der Waals surface area (Å²) in [7, 11) is 0. The number of benzene rings is 1. The van der Waals surface area contributed by atoms with Gasteiger partial charge in [0.1, 0.15) is 11.6 Å². The summed E-state index contributed by atoms with van der Waals surface area (Å²) in [4.78, 5) is 4.29. The molecule has 0 atom stereocenters. The predicted molar refractivity (Wildman–Crippen MR) is 74.6 cm³/mol. The van der Waals surface area contributed by atoms with Gasteiger partial charge in [-0.05, 0) is 25.1 Å². The van der Waals surface area contributed by atoms with Gasteiger partial charge in [0.25, 0.3) is 0 Å². The van der Waals surface area contributed by atoms with Crippen LogP contribution in [0.25, 0.3) is 5.65 Å². The van der Waals surface area contributed by atoms with Gasteiger partial charge in [0.2, 0.25) is 0 Å². The quantitative estimate of drug-likeness (QED) is 0.802. The van der Waals surface area contributed by atoms with Crippen molar-refractivity contribution in [3.05, 3.63) is 65.1 Å². The number of hydrogen-bond donors (Lipinski definition) is 1. The van der Waals surface area contributed by atoms with Gasteiger partial charge in [0.05, 0.1) is 5.69 Å². The van der Waals surface area contributed by atoms with Crippen LogP contribution in [0.3, 0.4) is 0 Å². The van der Waals surface area contributed by atoms with Crippen LogP contribution in [0.5, 0.6) is 0 Å². The Hall–Kier alpha value is -2.34. The Morgan fingerprint density at radius 1 is 1.19 bits per heavy atom. The molecule has 0 amide bonds. The zero-order chi connectivity index (χ0) is 14.8. The molecule has 6 heteroatoms. The van der Waals surface area contributed by atoms with E-state index in [1.54, 1.807) is 10.7 Å². The summed E-state index contributed by atoms with van der Waals surface area (Å²) in [5.41, 5.74) is 2.91. The molecular formula is C15H14F2N4. The Bertz CT molecular complexity index is 782. The first-order valence-electron chi connectivity index (χ1n) is 6.57. The molecule has 1 N–H and O–H groups in total. The number of aromatic nitrogens is 3. The van der Waals surface area contributed by atoms with Gasteiger partial charge in [-0.2, -0.15) is 5.10 Å². The average Bonchev–Trinajstić information content (AvgIpc) is 2.82. The molecule has 1 aromatic carbocycles. The van der Waals surface area contributed by atoms with Crippen LogP contribution in [0.4, 0.5) is 8.78 Å². The molecule has 0 aliphatic heterocycles. The maximum absolute atomic E-state index is 13.5. The van der Waals surface area contributed by atoms with Gasteiger partial charge < -0.3 is 5.32 Å². The molecule has 0 aliphatic carbocycles. The van der Waals surface area contributed by atoms with E-state index in [1.165, 1.54) is 6.07 Å². The fourth-order valence-corrected chi connectivity index (χ4v) is 2.15. The highest BCUT2D eigenvalue weighted by atomic mass is 19.1. The Morgan fingerprint density at radius 3 is 2.90 bits per heavy atom. The third-order valence-electron chi connectivity index (χ3n) is 3.14. The molecule has 0 radical (unpaired) electrons. The number of hydrogen-bond acceptors (Lipinski definition) is 3. The Kier molecular flexibility index (Phi) is 3.62. The number of rotatable bonds is 4. The van der Waals surface area contributed by atoms with E-state index in [1.807, 2.05) is 19.2 Å². The van der Waals surface area contributed by atoms with Crippen LogP contribution in [-0.2, 0) is 13.1 Å². The largest absolute Gasteiger partial charge is 0.308 e. The Balaban J connectivity index is 1.67. The van der Waals surface area contributed by atoms with Gasteiger partial charge >= 0.3 is 0 Å². The lowest BCUT2D eigenvalue weighted by atomic mass is 10.2. The van der Waals surface area contributed by atoms with Crippen LogP contribution in [0.15, 0.2) is 36.7 Å². The van der Waals surface area contributed by atoms with Gasteiger partial charge in [0.15, 0.2) is 5.65 Å². The van der Waals surface area contributed by atoms with Crippen molar-refractivity contribution in [2.24, 2.45) is 0 Å². The molecule has 21 heavy (non-hydrogen) atoms. The van der Waals surface area contributed by atoms with E-state index in [9.17, 15) is 8.78 Å². The van der Waals surface area contributed by atoms with E-state index in [0.717, 1.165) is 29.0 Å². The molecular weight excluding hydrogens is 274 g/mol. The Labute approximate surface area is 120 Å². The third-order valence-corrected chi connectivity index (χ3v) is 3.14. The lowest BCUT2D eigenvalue weighted by Crippen LogP contribution is -2.14. The van der Waals surface area contributed by atoms with Crippen LogP contribution < -0.4 is 5.32 Å². The standard InChI is InChI=1S/C15H14F2N4/c1-10-4-15-19-7-11(9-21(15)20-10)6-18-8-12-5-13(16)2-3-14(12)17/h2-5,7,9,18H,6,8H2,1H3. The summed E-state index contributed by atoms with van der Waals surface area (Å²) in [6, 6.07) is 5.32. The first-order valence-corrected chi connectivity index (χ1v) is 6.57. The first-order chi connectivity index (χ1) is 10.1. The highest BCUT2D eigenvalue weighted by Crippen LogP contribution is 2.10. The van der Waals surface area contributed by atoms with Crippen molar-refractivity contribution >= 4 is 5.65 Å². The van der Waals surface area contributed by atoms with Gasteiger partial charge in [-0.15, -0.1) is 0 Å². The SMILES string of the molecule is Cc1cc2ncc(CNCc3cc(F)ccc3F)cn2n1. The van der Waals surface area contributed by atoms with Gasteiger partial charge in [0, 0.05) is 42.7 Å². The molecule has 4 nitrogen and oxygen atoms in total. The first kappa shape index (κ1) is 13.6. The lowest BCUT2D eigenvalue weighted by Gasteiger charge is -2.06. The molecule has 0 spiro atoms.